The number of Topliss-reactive ketones (excluding diaryl/α,β-unsaturated/α-hetero) is 1. The van der Waals surface area contributed by atoms with Crippen molar-refractivity contribution in [2.45, 2.75) is 77.2 Å². The molecule has 6 rings (SSSR count). The smallest absolute Gasteiger partial charge is 0.319 e. The Hall–Kier alpha value is -2.17. The highest BCUT2D eigenvalue weighted by Gasteiger charge is 2.56. The first kappa shape index (κ1) is 20.7. The van der Waals surface area contributed by atoms with Crippen LogP contribution in [0.25, 0.3) is 0 Å². The summed E-state index contributed by atoms with van der Waals surface area (Å²) in [7, 11) is 0. The lowest BCUT2D eigenvalue weighted by molar-refractivity contribution is -0.147. The topological polar surface area (TPSA) is 66.5 Å². The van der Waals surface area contributed by atoms with E-state index < -0.39 is 11.6 Å². The Balaban J connectivity index is 1.35. The van der Waals surface area contributed by atoms with Crippen LogP contribution in [0.4, 0.5) is 4.79 Å². The van der Waals surface area contributed by atoms with Gasteiger partial charge in [-0.1, -0.05) is 45.0 Å². The van der Waals surface area contributed by atoms with Crippen molar-refractivity contribution in [2.75, 3.05) is 6.54 Å². The molecule has 3 amide bonds. The molecule has 1 aromatic carbocycles. The van der Waals surface area contributed by atoms with Gasteiger partial charge >= 0.3 is 6.03 Å². The molecule has 1 aliphatic heterocycles. The van der Waals surface area contributed by atoms with Crippen LogP contribution in [-0.4, -0.2) is 29.2 Å². The predicted molar refractivity (Wildman–Crippen MR) is 118 cm³/mol. The summed E-state index contributed by atoms with van der Waals surface area (Å²) >= 11 is 0. The zero-order chi connectivity index (χ0) is 22.2. The number of nitrogens with zero attached hydrogens (tertiary/aromatic N) is 1. The van der Waals surface area contributed by atoms with E-state index in [0.29, 0.717) is 17.8 Å². The standard InChI is InChI=1S/C26H34N2O3/c1-24(2,3)19-5-7-20(8-6-19)25(4)22(30)28(23(31)27-25)15-21(29)26-12-16-9-17(13-26)11-18(10-16)14-26/h5-8,16-18H,9-15H2,1-4H3,(H,27,31). The van der Waals surface area contributed by atoms with Crippen LogP contribution in [0, 0.1) is 23.2 Å². The maximum absolute atomic E-state index is 13.5. The number of carbonyl (C=O) groups is 3. The summed E-state index contributed by atoms with van der Waals surface area (Å²) in [6.45, 7) is 8.08. The van der Waals surface area contributed by atoms with Crippen LogP contribution in [0.2, 0.25) is 0 Å². The second-order valence-corrected chi connectivity index (χ2v) is 11.9. The summed E-state index contributed by atoms with van der Waals surface area (Å²) in [6.07, 6.45) is 6.64. The van der Waals surface area contributed by atoms with E-state index in [1.165, 1.54) is 29.7 Å². The first-order chi connectivity index (χ1) is 14.5. The third-order valence-corrected chi connectivity index (χ3v) is 8.53. The van der Waals surface area contributed by atoms with Gasteiger partial charge in [-0.2, -0.15) is 0 Å². The molecule has 0 aromatic heterocycles. The van der Waals surface area contributed by atoms with Crippen LogP contribution in [-0.2, 0) is 20.5 Å². The van der Waals surface area contributed by atoms with Gasteiger partial charge in [-0.05, 0) is 79.7 Å². The van der Waals surface area contributed by atoms with Gasteiger partial charge in [-0.15, -0.1) is 0 Å². The van der Waals surface area contributed by atoms with E-state index in [2.05, 4.69) is 26.1 Å². The van der Waals surface area contributed by atoms with Gasteiger partial charge in [0.1, 0.15) is 5.54 Å². The molecule has 1 saturated heterocycles. The van der Waals surface area contributed by atoms with Crippen LogP contribution < -0.4 is 5.32 Å². The van der Waals surface area contributed by atoms with Crippen molar-refractivity contribution in [3.05, 3.63) is 35.4 Å². The number of ketones is 1. The molecule has 1 N–H and O–H groups in total. The molecule has 5 nitrogen and oxygen atoms in total. The maximum Gasteiger partial charge on any atom is 0.325 e. The molecule has 166 valence electrons. The van der Waals surface area contributed by atoms with Gasteiger partial charge in [0.25, 0.3) is 5.91 Å². The average Bonchev–Trinajstić information content (AvgIpc) is 2.90. The Bertz CT molecular complexity index is 907. The molecule has 0 spiro atoms. The number of rotatable bonds is 4. The zero-order valence-corrected chi connectivity index (χ0v) is 19.2. The molecule has 5 aliphatic rings. The Morgan fingerprint density at radius 2 is 1.52 bits per heavy atom. The minimum atomic E-state index is -1.13. The van der Waals surface area contributed by atoms with E-state index in [1.54, 1.807) is 6.92 Å². The fourth-order valence-corrected chi connectivity index (χ4v) is 7.10. The van der Waals surface area contributed by atoms with Crippen molar-refractivity contribution >= 4 is 17.7 Å². The molecule has 1 atom stereocenters. The van der Waals surface area contributed by atoms with Crippen molar-refractivity contribution in [1.29, 1.82) is 0 Å². The van der Waals surface area contributed by atoms with Gasteiger partial charge in [0.2, 0.25) is 0 Å². The van der Waals surface area contributed by atoms with E-state index in [0.717, 1.165) is 24.8 Å². The number of carbonyl (C=O) groups excluding carboxylic acids is 3. The van der Waals surface area contributed by atoms with Crippen molar-refractivity contribution in [2.24, 2.45) is 23.2 Å². The Morgan fingerprint density at radius 1 is 1.00 bits per heavy atom. The lowest BCUT2D eigenvalue weighted by atomic mass is 9.48. The summed E-state index contributed by atoms with van der Waals surface area (Å²) in [4.78, 5) is 40.8. The van der Waals surface area contributed by atoms with Crippen molar-refractivity contribution < 1.29 is 14.4 Å². The molecule has 1 heterocycles. The molecule has 31 heavy (non-hydrogen) atoms. The second kappa shape index (κ2) is 6.66. The van der Waals surface area contributed by atoms with Crippen molar-refractivity contribution in [3.8, 4) is 0 Å². The molecular formula is C26H34N2O3. The minimum absolute atomic E-state index is 0.0126. The maximum atomic E-state index is 13.5. The third kappa shape index (κ3) is 3.23. The third-order valence-electron chi connectivity index (χ3n) is 8.53. The van der Waals surface area contributed by atoms with Gasteiger partial charge in [-0.3, -0.25) is 14.5 Å². The molecule has 0 radical (unpaired) electrons. The number of hydrogen-bond donors (Lipinski definition) is 1. The summed E-state index contributed by atoms with van der Waals surface area (Å²) in [5.74, 6) is 1.75. The number of hydrogen-bond acceptors (Lipinski definition) is 3. The van der Waals surface area contributed by atoms with Gasteiger partial charge in [0.15, 0.2) is 5.78 Å². The highest BCUT2D eigenvalue weighted by atomic mass is 16.2. The quantitative estimate of drug-likeness (QED) is 0.725. The fourth-order valence-electron chi connectivity index (χ4n) is 7.10. The number of nitrogens with one attached hydrogen (secondary N) is 1. The van der Waals surface area contributed by atoms with E-state index in [-0.39, 0.29) is 29.1 Å². The summed E-state index contributed by atoms with van der Waals surface area (Å²) in [5.41, 5.74) is 0.505. The molecule has 5 fully saturated rings. The molecule has 4 saturated carbocycles. The van der Waals surface area contributed by atoms with Gasteiger partial charge < -0.3 is 5.32 Å². The lowest BCUT2D eigenvalue weighted by Crippen LogP contribution is -2.53. The van der Waals surface area contributed by atoms with Gasteiger partial charge in [0.05, 0.1) is 6.54 Å². The first-order valence-corrected chi connectivity index (χ1v) is 11.8. The molecule has 4 bridgehead atoms. The average molecular weight is 423 g/mol. The van der Waals surface area contributed by atoms with E-state index in [1.807, 2.05) is 24.3 Å². The lowest BCUT2D eigenvalue weighted by Gasteiger charge is -2.56. The van der Waals surface area contributed by atoms with Crippen LogP contribution in [0.1, 0.15) is 77.3 Å². The normalized spacial score (nSPS) is 36.8. The van der Waals surface area contributed by atoms with Crippen molar-refractivity contribution in [1.82, 2.24) is 10.2 Å². The SMILES string of the molecule is CC(C)(C)c1ccc(C2(C)NC(=O)N(CC(=O)C34CC5CC(CC(C5)C3)C4)C2=O)cc1. The van der Waals surface area contributed by atoms with Gasteiger partial charge in [0, 0.05) is 5.41 Å². The predicted octanol–water partition coefficient (Wildman–Crippen LogP) is 4.54. The Kier molecular flexibility index (Phi) is 4.45. The van der Waals surface area contributed by atoms with Crippen molar-refractivity contribution in [3.63, 3.8) is 0 Å². The van der Waals surface area contributed by atoms with Crippen LogP contribution in [0.3, 0.4) is 0 Å². The monoisotopic (exact) mass is 422 g/mol. The highest BCUT2D eigenvalue weighted by Crippen LogP contribution is 2.60. The van der Waals surface area contributed by atoms with Crippen LogP contribution in [0.15, 0.2) is 24.3 Å². The Labute approximate surface area is 185 Å². The van der Waals surface area contributed by atoms with Crippen LogP contribution >= 0.6 is 0 Å². The van der Waals surface area contributed by atoms with E-state index in [9.17, 15) is 14.4 Å². The Morgan fingerprint density at radius 3 is 2.00 bits per heavy atom. The largest absolute Gasteiger partial charge is 0.325 e. The number of urea groups is 1. The second-order valence-electron chi connectivity index (χ2n) is 11.9. The summed E-state index contributed by atoms with van der Waals surface area (Å²) < 4.78 is 0. The van der Waals surface area contributed by atoms with Gasteiger partial charge in [-0.25, -0.2) is 4.79 Å². The van der Waals surface area contributed by atoms with E-state index in [4.69, 9.17) is 0 Å². The number of amides is 3. The molecule has 1 unspecified atom stereocenters. The fraction of sp³-hybridized carbons (Fsp3) is 0.654. The molecule has 4 aliphatic carbocycles. The minimum Gasteiger partial charge on any atom is -0.319 e. The highest BCUT2D eigenvalue weighted by molar-refractivity contribution is 6.09. The summed E-state index contributed by atoms with van der Waals surface area (Å²) in [5, 5.41) is 2.87. The zero-order valence-electron chi connectivity index (χ0n) is 19.2. The first-order valence-electron chi connectivity index (χ1n) is 11.8. The number of imide groups is 1. The molecule has 1 aromatic rings. The number of benzene rings is 1. The van der Waals surface area contributed by atoms with Crippen LogP contribution in [0.5, 0.6) is 0 Å². The summed E-state index contributed by atoms with van der Waals surface area (Å²) in [6, 6.07) is 7.42. The molecular weight excluding hydrogens is 388 g/mol. The molecule has 5 heteroatoms. The van der Waals surface area contributed by atoms with E-state index >= 15 is 0 Å².